The number of nitrogens with one attached hydrogen (secondary N) is 1. The Hall–Kier alpha value is -1.68. The largest absolute Gasteiger partial charge is 0.417 e. The van der Waals surface area contributed by atoms with E-state index >= 15 is 0 Å². The van der Waals surface area contributed by atoms with E-state index in [-0.39, 0.29) is 11.6 Å². The number of nitrogens with zero attached hydrogens (tertiary/aromatic N) is 1. The molecule has 0 bridgehead atoms. The van der Waals surface area contributed by atoms with Crippen LogP contribution in [-0.4, -0.2) is 42.5 Å². The van der Waals surface area contributed by atoms with E-state index in [0.29, 0.717) is 19.2 Å². The second-order valence-corrected chi connectivity index (χ2v) is 9.25. The average molecular weight is 394 g/mol. The Balaban J connectivity index is 2.08. The fourth-order valence-corrected chi connectivity index (χ4v) is 3.94. The van der Waals surface area contributed by atoms with Gasteiger partial charge in [-0.2, -0.15) is 13.2 Å². The number of halogens is 3. The standard InChI is InChI=1S/C16H21F3N2O4S/c1-15(2,26(23,24)10-12-5-3-4-8-25-12)14(22)21-13-7-6-11(9-20-13)16(17,18)19/h6-7,9,12H,3-5,8,10H2,1-2H3,(H,20,21,22). The molecule has 1 aliphatic heterocycles. The van der Waals surface area contributed by atoms with Crippen LogP contribution in [0.1, 0.15) is 38.7 Å². The van der Waals surface area contributed by atoms with Gasteiger partial charge in [0.25, 0.3) is 0 Å². The van der Waals surface area contributed by atoms with Gasteiger partial charge >= 0.3 is 6.18 Å². The lowest BCUT2D eigenvalue weighted by molar-refractivity contribution is -0.137. The number of carbonyl (C=O) groups is 1. The maximum absolute atomic E-state index is 12.6. The van der Waals surface area contributed by atoms with Crippen LogP contribution in [0, 0.1) is 0 Å². The first-order chi connectivity index (χ1) is 11.9. The van der Waals surface area contributed by atoms with Crippen LogP contribution >= 0.6 is 0 Å². The first-order valence-electron chi connectivity index (χ1n) is 8.12. The summed E-state index contributed by atoms with van der Waals surface area (Å²) in [4.78, 5) is 15.9. The number of hydrogen-bond donors (Lipinski definition) is 1. The Labute approximate surface area is 150 Å². The molecule has 10 heteroatoms. The van der Waals surface area contributed by atoms with Crippen LogP contribution in [0.3, 0.4) is 0 Å². The molecule has 0 saturated carbocycles. The quantitative estimate of drug-likeness (QED) is 0.830. The lowest BCUT2D eigenvalue weighted by Gasteiger charge is -2.28. The molecule has 1 atom stereocenters. The third-order valence-electron chi connectivity index (χ3n) is 4.34. The second kappa shape index (κ2) is 7.51. The topological polar surface area (TPSA) is 85.4 Å². The highest BCUT2D eigenvalue weighted by Gasteiger charge is 2.43. The second-order valence-electron chi connectivity index (χ2n) is 6.66. The predicted molar refractivity (Wildman–Crippen MR) is 89.3 cm³/mol. The molecule has 0 spiro atoms. The highest BCUT2D eigenvalue weighted by Crippen LogP contribution is 2.29. The van der Waals surface area contributed by atoms with Gasteiger partial charge in [-0.3, -0.25) is 4.79 Å². The van der Waals surface area contributed by atoms with Crippen molar-refractivity contribution in [3.8, 4) is 0 Å². The van der Waals surface area contributed by atoms with Gasteiger partial charge < -0.3 is 10.1 Å². The predicted octanol–water partition coefficient (Wildman–Crippen LogP) is 2.80. The number of carbonyl (C=O) groups excluding carboxylic acids is 1. The van der Waals surface area contributed by atoms with Gasteiger partial charge in [0.15, 0.2) is 9.84 Å². The summed E-state index contributed by atoms with van der Waals surface area (Å²) in [5, 5.41) is 2.27. The monoisotopic (exact) mass is 394 g/mol. The van der Waals surface area contributed by atoms with Crippen LogP contribution < -0.4 is 5.32 Å². The Morgan fingerprint density at radius 2 is 2.00 bits per heavy atom. The van der Waals surface area contributed by atoms with Crippen LogP contribution in [-0.2, 0) is 25.5 Å². The number of amides is 1. The highest BCUT2D eigenvalue weighted by molar-refractivity contribution is 7.93. The van der Waals surface area contributed by atoms with Crippen molar-refractivity contribution in [3.63, 3.8) is 0 Å². The van der Waals surface area contributed by atoms with Gasteiger partial charge in [0.1, 0.15) is 10.6 Å². The van der Waals surface area contributed by atoms with Crippen LogP contribution in [0.4, 0.5) is 19.0 Å². The summed E-state index contributed by atoms with van der Waals surface area (Å²) in [6.07, 6.45) is -2.07. The number of rotatable bonds is 5. The van der Waals surface area contributed by atoms with Gasteiger partial charge in [-0.05, 0) is 45.2 Å². The van der Waals surface area contributed by atoms with Crippen molar-refractivity contribution in [2.75, 3.05) is 17.7 Å². The van der Waals surface area contributed by atoms with Crippen molar-refractivity contribution in [3.05, 3.63) is 23.9 Å². The molecule has 1 aliphatic rings. The molecule has 1 aromatic heterocycles. The number of sulfone groups is 1. The average Bonchev–Trinajstić information content (AvgIpc) is 2.54. The van der Waals surface area contributed by atoms with Crippen LogP contribution in [0.25, 0.3) is 0 Å². The van der Waals surface area contributed by atoms with Crippen molar-refractivity contribution in [1.29, 1.82) is 0 Å². The minimum Gasteiger partial charge on any atom is -0.377 e. The maximum atomic E-state index is 12.6. The molecule has 146 valence electrons. The SMILES string of the molecule is CC(C)(C(=O)Nc1ccc(C(F)(F)F)cn1)S(=O)(=O)CC1CCCCO1. The molecule has 1 unspecified atom stereocenters. The molecule has 0 aliphatic carbocycles. The van der Waals surface area contributed by atoms with E-state index in [2.05, 4.69) is 10.3 Å². The minimum atomic E-state index is -4.54. The number of aromatic nitrogens is 1. The van der Waals surface area contributed by atoms with Gasteiger partial charge in [0, 0.05) is 12.8 Å². The summed E-state index contributed by atoms with van der Waals surface area (Å²) in [7, 11) is -3.86. The van der Waals surface area contributed by atoms with Gasteiger partial charge in [0.2, 0.25) is 5.91 Å². The van der Waals surface area contributed by atoms with Crippen molar-refractivity contribution in [2.45, 2.75) is 50.1 Å². The summed E-state index contributed by atoms with van der Waals surface area (Å²) in [5.74, 6) is -1.30. The van der Waals surface area contributed by atoms with Gasteiger partial charge in [-0.15, -0.1) is 0 Å². The zero-order valence-electron chi connectivity index (χ0n) is 14.5. The van der Waals surface area contributed by atoms with Crippen LogP contribution in [0.15, 0.2) is 18.3 Å². The number of alkyl halides is 3. The zero-order valence-corrected chi connectivity index (χ0v) is 15.3. The third kappa shape index (κ3) is 4.73. The molecule has 1 saturated heterocycles. The molecular weight excluding hydrogens is 373 g/mol. The number of pyridine rings is 1. The number of ether oxygens (including phenoxy) is 1. The Kier molecular flexibility index (Phi) is 5.96. The van der Waals surface area contributed by atoms with Crippen molar-refractivity contribution >= 4 is 21.6 Å². The lowest BCUT2D eigenvalue weighted by Crippen LogP contribution is -2.48. The number of hydrogen-bond acceptors (Lipinski definition) is 5. The van der Waals surface area contributed by atoms with Gasteiger partial charge in [0.05, 0.1) is 17.4 Å². The molecule has 1 N–H and O–H groups in total. The summed E-state index contributed by atoms with van der Waals surface area (Å²) in [5.41, 5.74) is -0.961. The number of anilines is 1. The summed E-state index contributed by atoms with van der Waals surface area (Å²) in [6, 6.07) is 1.74. The normalized spacial score (nSPS) is 19.2. The van der Waals surface area contributed by atoms with Crippen molar-refractivity contribution in [1.82, 2.24) is 4.98 Å². The molecule has 0 radical (unpaired) electrons. The van der Waals surface area contributed by atoms with E-state index in [4.69, 9.17) is 4.74 Å². The molecule has 26 heavy (non-hydrogen) atoms. The molecule has 6 nitrogen and oxygen atoms in total. The van der Waals surface area contributed by atoms with Crippen LogP contribution in [0.5, 0.6) is 0 Å². The lowest BCUT2D eigenvalue weighted by atomic mass is 10.1. The van der Waals surface area contributed by atoms with E-state index in [0.717, 1.165) is 25.0 Å². The van der Waals surface area contributed by atoms with Crippen LogP contribution in [0.2, 0.25) is 0 Å². The zero-order chi connectivity index (χ0) is 19.6. The molecule has 0 aromatic carbocycles. The Morgan fingerprint density at radius 1 is 1.31 bits per heavy atom. The van der Waals surface area contributed by atoms with E-state index in [1.165, 1.54) is 13.8 Å². The first-order valence-corrected chi connectivity index (χ1v) is 9.77. The molecule has 1 amide bonds. The highest BCUT2D eigenvalue weighted by atomic mass is 32.2. The third-order valence-corrected chi connectivity index (χ3v) is 6.89. The van der Waals surface area contributed by atoms with E-state index in [1.807, 2.05) is 0 Å². The molecule has 2 rings (SSSR count). The first kappa shape index (κ1) is 20.6. The molecular formula is C16H21F3N2O4S. The molecule has 2 heterocycles. The van der Waals surface area contributed by atoms with E-state index in [9.17, 15) is 26.4 Å². The van der Waals surface area contributed by atoms with E-state index in [1.54, 1.807) is 0 Å². The smallest absolute Gasteiger partial charge is 0.377 e. The van der Waals surface area contributed by atoms with Crippen molar-refractivity contribution in [2.24, 2.45) is 0 Å². The van der Waals surface area contributed by atoms with E-state index < -0.39 is 38.3 Å². The Morgan fingerprint density at radius 3 is 2.50 bits per heavy atom. The van der Waals surface area contributed by atoms with Gasteiger partial charge in [-0.1, -0.05) is 0 Å². The van der Waals surface area contributed by atoms with Crippen molar-refractivity contribution < 1.29 is 31.1 Å². The van der Waals surface area contributed by atoms with Gasteiger partial charge in [-0.25, -0.2) is 13.4 Å². The fourth-order valence-electron chi connectivity index (χ4n) is 2.44. The molecule has 1 fully saturated rings. The maximum Gasteiger partial charge on any atom is 0.417 e. The fraction of sp³-hybridized carbons (Fsp3) is 0.625. The minimum absolute atomic E-state index is 0.153. The summed E-state index contributed by atoms with van der Waals surface area (Å²) >= 11 is 0. The summed E-state index contributed by atoms with van der Waals surface area (Å²) < 4.78 is 66.5. The molecule has 1 aromatic rings. The summed E-state index contributed by atoms with van der Waals surface area (Å²) in [6.45, 7) is 3.00. The Bertz CT molecular complexity index is 740.